The van der Waals surface area contributed by atoms with Gasteiger partial charge in [-0.3, -0.25) is 0 Å². The van der Waals surface area contributed by atoms with Crippen LogP contribution in [-0.2, 0) is 4.74 Å². The molecule has 2 rings (SSSR count). The van der Waals surface area contributed by atoms with Gasteiger partial charge in [-0.2, -0.15) is 0 Å². The normalized spacial score (nSPS) is 15.7. The molecule has 23 heavy (non-hydrogen) atoms. The number of hydrogen-bond acceptors (Lipinski definition) is 3. The van der Waals surface area contributed by atoms with E-state index >= 15 is 0 Å². The molecule has 124 valence electrons. The number of nitrogens with two attached hydrogens (primary N) is 1. The van der Waals surface area contributed by atoms with Crippen molar-refractivity contribution in [2.45, 2.75) is 39.2 Å². The van der Waals surface area contributed by atoms with Crippen LogP contribution in [0.25, 0.3) is 0 Å². The third-order valence-corrected chi connectivity index (χ3v) is 4.06. The van der Waals surface area contributed by atoms with Gasteiger partial charge in [0, 0.05) is 34.7 Å². The van der Waals surface area contributed by atoms with Crippen molar-refractivity contribution >= 4 is 27.7 Å². The monoisotopic (exact) mass is 378 g/mol. The second kappa shape index (κ2) is 7.27. The van der Waals surface area contributed by atoms with Crippen molar-refractivity contribution in [2.24, 2.45) is 5.92 Å². The Morgan fingerprint density at radius 1 is 1.35 bits per heavy atom. The molecule has 0 radical (unpaired) electrons. The van der Waals surface area contributed by atoms with Crippen molar-refractivity contribution in [1.82, 2.24) is 4.90 Å². The van der Waals surface area contributed by atoms with Gasteiger partial charge in [-0.15, -0.1) is 0 Å². The van der Waals surface area contributed by atoms with Crippen LogP contribution in [0, 0.1) is 17.8 Å². The van der Waals surface area contributed by atoms with E-state index in [-0.39, 0.29) is 12.0 Å². The maximum atomic E-state index is 12.0. The topological polar surface area (TPSA) is 55.6 Å². The van der Waals surface area contributed by atoms with E-state index in [9.17, 15) is 4.79 Å². The van der Waals surface area contributed by atoms with E-state index in [1.165, 1.54) is 0 Å². The standard InChI is InChI=1S/C18H23BrN2O2/c1-18(2,3)23-17(22)21-10-8-13(9-11-21)4-5-14-6-7-15(19)12-16(14)20/h6-7,12-13H,8-11,20H2,1-3H3. The first-order valence-corrected chi connectivity index (χ1v) is 8.58. The average Bonchev–Trinajstić information content (AvgIpc) is 2.45. The number of halogens is 1. The zero-order chi connectivity index (χ0) is 17.0. The number of benzene rings is 1. The summed E-state index contributed by atoms with van der Waals surface area (Å²) in [6.07, 6.45) is 1.49. The van der Waals surface area contributed by atoms with Gasteiger partial charge in [0.2, 0.25) is 0 Å². The fraction of sp³-hybridized carbons (Fsp3) is 0.500. The summed E-state index contributed by atoms with van der Waals surface area (Å²) >= 11 is 3.39. The average molecular weight is 379 g/mol. The van der Waals surface area contributed by atoms with Gasteiger partial charge in [-0.05, 0) is 51.8 Å². The maximum Gasteiger partial charge on any atom is 0.410 e. The predicted octanol–water partition coefficient (Wildman–Crippen LogP) is 4.03. The van der Waals surface area contributed by atoms with Crippen LogP contribution < -0.4 is 5.73 Å². The number of rotatable bonds is 0. The van der Waals surface area contributed by atoms with Crippen molar-refractivity contribution in [1.29, 1.82) is 0 Å². The second-order valence-corrected chi connectivity index (χ2v) is 7.66. The lowest BCUT2D eigenvalue weighted by atomic mass is 9.97. The molecule has 1 aliphatic rings. The van der Waals surface area contributed by atoms with Crippen molar-refractivity contribution in [3.63, 3.8) is 0 Å². The van der Waals surface area contributed by atoms with Gasteiger partial charge in [-0.1, -0.05) is 27.8 Å². The van der Waals surface area contributed by atoms with E-state index in [2.05, 4.69) is 27.8 Å². The van der Waals surface area contributed by atoms with Crippen LogP contribution in [0.2, 0.25) is 0 Å². The summed E-state index contributed by atoms with van der Waals surface area (Å²) < 4.78 is 6.35. The second-order valence-electron chi connectivity index (χ2n) is 6.74. The molecule has 0 bridgehead atoms. The minimum absolute atomic E-state index is 0.235. The molecule has 2 N–H and O–H groups in total. The largest absolute Gasteiger partial charge is 0.444 e. The van der Waals surface area contributed by atoms with E-state index in [1.54, 1.807) is 4.90 Å². The van der Waals surface area contributed by atoms with Gasteiger partial charge in [0.15, 0.2) is 0 Å². The van der Waals surface area contributed by atoms with Gasteiger partial charge >= 0.3 is 6.09 Å². The number of carbonyl (C=O) groups is 1. The molecular weight excluding hydrogens is 356 g/mol. The first-order valence-electron chi connectivity index (χ1n) is 7.79. The van der Waals surface area contributed by atoms with Crippen LogP contribution >= 0.6 is 15.9 Å². The molecule has 0 saturated carbocycles. The fourth-order valence-electron chi connectivity index (χ4n) is 2.36. The maximum absolute atomic E-state index is 12.0. The number of piperidine rings is 1. The molecule has 5 heteroatoms. The number of ether oxygens (including phenoxy) is 1. The first kappa shape index (κ1) is 17.7. The SMILES string of the molecule is CC(C)(C)OC(=O)N1CCC(C#Cc2ccc(Br)cc2N)CC1. The lowest BCUT2D eigenvalue weighted by Crippen LogP contribution is -2.41. The van der Waals surface area contributed by atoms with Gasteiger partial charge in [0.05, 0.1) is 0 Å². The van der Waals surface area contributed by atoms with E-state index in [0.717, 1.165) is 22.9 Å². The van der Waals surface area contributed by atoms with Gasteiger partial charge in [0.1, 0.15) is 5.60 Å². The van der Waals surface area contributed by atoms with Crippen molar-refractivity contribution in [3.05, 3.63) is 28.2 Å². The number of anilines is 1. The summed E-state index contributed by atoms with van der Waals surface area (Å²) in [6, 6.07) is 5.71. The molecule has 0 atom stereocenters. The number of amides is 1. The molecule has 4 nitrogen and oxygen atoms in total. The molecule has 1 aromatic carbocycles. The highest BCUT2D eigenvalue weighted by Gasteiger charge is 2.26. The number of carbonyl (C=O) groups excluding carboxylic acids is 1. The van der Waals surface area contributed by atoms with Crippen molar-refractivity contribution in [3.8, 4) is 11.8 Å². The first-order chi connectivity index (χ1) is 10.7. The predicted molar refractivity (Wildman–Crippen MR) is 96.0 cm³/mol. The van der Waals surface area contributed by atoms with Crippen molar-refractivity contribution in [2.75, 3.05) is 18.8 Å². The van der Waals surface area contributed by atoms with Crippen molar-refractivity contribution < 1.29 is 9.53 Å². The van der Waals surface area contributed by atoms with Crippen LogP contribution in [0.5, 0.6) is 0 Å². The third kappa shape index (κ3) is 5.47. The Morgan fingerprint density at radius 3 is 2.57 bits per heavy atom. The fourth-order valence-corrected chi connectivity index (χ4v) is 2.74. The molecule has 1 saturated heterocycles. The Bertz CT molecular complexity index is 633. The summed E-state index contributed by atoms with van der Waals surface area (Å²) in [7, 11) is 0. The van der Waals surface area contributed by atoms with Crippen LogP contribution in [0.4, 0.5) is 10.5 Å². The zero-order valence-electron chi connectivity index (χ0n) is 13.9. The Labute approximate surface area is 146 Å². The lowest BCUT2D eigenvalue weighted by molar-refractivity contribution is 0.0199. The zero-order valence-corrected chi connectivity index (χ0v) is 15.4. The summed E-state index contributed by atoms with van der Waals surface area (Å²) in [5.74, 6) is 6.73. The molecule has 1 fully saturated rings. The molecule has 1 aromatic rings. The van der Waals surface area contributed by atoms with E-state index < -0.39 is 5.60 Å². The van der Waals surface area contributed by atoms with Crippen LogP contribution in [-0.4, -0.2) is 29.7 Å². The van der Waals surface area contributed by atoms with Gasteiger partial charge in [-0.25, -0.2) is 4.79 Å². The Kier molecular flexibility index (Phi) is 5.59. The highest BCUT2D eigenvalue weighted by Crippen LogP contribution is 2.21. The summed E-state index contributed by atoms with van der Waals surface area (Å²) in [4.78, 5) is 13.8. The summed E-state index contributed by atoms with van der Waals surface area (Å²) in [5, 5.41) is 0. The molecule has 1 amide bonds. The van der Waals surface area contributed by atoms with E-state index in [1.807, 2.05) is 39.0 Å². The molecule has 1 aliphatic heterocycles. The third-order valence-electron chi connectivity index (χ3n) is 3.57. The lowest BCUT2D eigenvalue weighted by Gasteiger charge is -2.31. The molecule has 0 aromatic heterocycles. The molecular formula is C18H23BrN2O2. The van der Waals surface area contributed by atoms with E-state index in [4.69, 9.17) is 10.5 Å². The summed E-state index contributed by atoms with van der Waals surface area (Å²) in [6.45, 7) is 7.01. The number of likely N-dealkylation sites (tertiary alicyclic amines) is 1. The number of hydrogen-bond donors (Lipinski definition) is 1. The van der Waals surface area contributed by atoms with Crippen LogP contribution in [0.1, 0.15) is 39.2 Å². The molecule has 0 spiro atoms. The Balaban J connectivity index is 1.90. The molecule has 1 heterocycles. The minimum Gasteiger partial charge on any atom is -0.444 e. The molecule has 0 unspecified atom stereocenters. The van der Waals surface area contributed by atoms with Crippen LogP contribution in [0.15, 0.2) is 22.7 Å². The number of nitrogens with zero attached hydrogens (tertiary/aromatic N) is 1. The van der Waals surface area contributed by atoms with Gasteiger partial charge in [0.25, 0.3) is 0 Å². The quantitative estimate of drug-likeness (QED) is 0.547. The Hall–Kier alpha value is -1.67. The minimum atomic E-state index is -0.452. The van der Waals surface area contributed by atoms with Gasteiger partial charge < -0.3 is 15.4 Å². The van der Waals surface area contributed by atoms with E-state index in [0.29, 0.717) is 18.8 Å². The Morgan fingerprint density at radius 2 is 2.00 bits per heavy atom. The number of nitrogen functional groups attached to an aromatic ring is 1. The summed E-state index contributed by atoms with van der Waals surface area (Å²) in [5.41, 5.74) is 7.03. The highest BCUT2D eigenvalue weighted by atomic mass is 79.9. The highest BCUT2D eigenvalue weighted by molar-refractivity contribution is 9.10. The van der Waals surface area contributed by atoms with Crippen LogP contribution in [0.3, 0.4) is 0 Å². The molecule has 0 aliphatic carbocycles. The smallest absolute Gasteiger partial charge is 0.410 e.